The Labute approximate surface area is 103 Å². The summed E-state index contributed by atoms with van der Waals surface area (Å²) in [5, 5.41) is 14.8. The van der Waals surface area contributed by atoms with Crippen LogP contribution >= 0.6 is 27.3 Å². The van der Waals surface area contributed by atoms with Crippen molar-refractivity contribution >= 4 is 27.3 Å². The molecule has 0 saturated heterocycles. The Balaban J connectivity index is 1.74. The van der Waals surface area contributed by atoms with Crippen LogP contribution in [0.5, 0.6) is 0 Å². The van der Waals surface area contributed by atoms with Gasteiger partial charge in [-0.25, -0.2) is 0 Å². The SMILES string of the molecule is OCC1(CNCc2cc(Br)cs2)CCC1. The number of hydrogen-bond acceptors (Lipinski definition) is 3. The summed E-state index contributed by atoms with van der Waals surface area (Å²) >= 11 is 5.21. The van der Waals surface area contributed by atoms with Crippen molar-refractivity contribution in [2.45, 2.75) is 25.8 Å². The number of aliphatic hydroxyl groups excluding tert-OH is 1. The molecule has 0 amide bonds. The predicted octanol–water partition coefficient (Wildman–Crippen LogP) is 2.76. The van der Waals surface area contributed by atoms with E-state index in [1.165, 1.54) is 24.1 Å². The molecule has 2 rings (SSSR count). The van der Waals surface area contributed by atoms with Crippen LogP contribution < -0.4 is 5.32 Å². The normalized spacial score (nSPS) is 18.8. The molecular formula is C11H16BrNOS. The molecule has 1 aromatic heterocycles. The Morgan fingerprint density at radius 2 is 2.33 bits per heavy atom. The molecule has 1 heterocycles. The third-order valence-electron chi connectivity index (χ3n) is 3.17. The Morgan fingerprint density at radius 1 is 1.53 bits per heavy atom. The van der Waals surface area contributed by atoms with Gasteiger partial charge in [0.25, 0.3) is 0 Å². The maximum absolute atomic E-state index is 9.29. The molecule has 15 heavy (non-hydrogen) atoms. The second-order valence-corrected chi connectivity index (χ2v) is 6.26. The summed E-state index contributed by atoms with van der Waals surface area (Å²) in [5.74, 6) is 0. The van der Waals surface area contributed by atoms with Crippen LogP contribution in [0.2, 0.25) is 0 Å². The highest BCUT2D eigenvalue weighted by molar-refractivity contribution is 9.10. The second kappa shape index (κ2) is 4.95. The Hall–Kier alpha value is 0.1000. The quantitative estimate of drug-likeness (QED) is 0.874. The van der Waals surface area contributed by atoms with Crippen LogP contribution in [0.4, 0.5) is 0 Å². The first-order valence-electron chi connectivity index (χ1n) is 5.29. The van der Waals surface area contributed by atoms with Gasteiger partial charge in [0.1, 0.15) is 0 Å². The fourth-order valence-corrected chi connectivity index (χ4v) is 3.39. The molecule has 0 aliphatic heterocycles. The van der Waals surface area contributed by atoms with E-state index < -0.39 is 0 Å². The number of halogens is 1. The van der Waals surface area contributed by atoms with E-state index >= 15 is 0 Å². The van der Waals surface area contributed by atoms with Crippen LogP contribution in [0.1, 0.15) is 24.1 Å². The monoisotopic (exact) mass is 289 g/mol. The third kappa shape index (κ3) is 2.81. The van der Waals surface area contributed by atoms with Crippen LogP contribution in [-0.4, -0.2) is 18.3 Å². The zero-order chi connectivity index (χ0) is 10.7. The molecule has 0 spiro atoms. The van der Waals surface area contributed by atoms with Crippen LogP contribution in [0.15, 0.2) is 15.9 Å². The van der Waals surface area contributed by atoms with E-state index in [0.717, 1.165) is 17.6 Å². The van der Waals surface area contributed by atoms with Gasteiger partial charge in [-0.1, -0.05) is 6.42 Å². The third-order valence-corrected chi connectivity index (χ3v) is 4.87. The standard InChI is InChI=1S/C11H16BrNOS/c12-9-4-10(15-6-9)5-13-7-11(8-14)2-1-3-11/h4,6,13-14H,1-3,5,7-8H2. The summed E-state index contributed by atoms with van der Waals surface area (Å²) < 4.78 is 1.16. The fraction of sp³-hybridized carbons (Fsp3) is 0.636. The Morgan fingerprint density at radius 3 is 2.80 bits per heavy atom. The van der Waals surface area contributed by atoms with Crippen molar-refractivity contribution in [1.82, 2.24) is 5.32 Å². The molecule has 1 aromatic rings. The van der Waals surface area contributed by atoms with E-state index in [2.05, 4.69) is 32.7 Å². The van der Waals surface area contributed by atoms with Gasteiger partial charge in [-0.15, -0.1) is 11.3 Å². The average Bonchev–Trinajstić information content (AvgIpc) is 2.56. The Bertz CT molecular complexity index is 317. The van der Waals surface area contributed by atoms with E-state index in [1.54, 1.807) is 11.3 Å². The van der Waals surface area contributed by atoms with Gasteiger partial charge < -0.3 is 10.4 Å². The molecule has 1 aliphatic rings. The maximum Gasteiger partial charge on any atom is 0.0499 e. The molecule has 2 nitrogen and oxygen atoms in total. The highest BCUT2D eigenvalue weighted by atomic mass is 79.9. The molecule has 84 valence electrons. The largest absolute Gasteiger partial charge is 0.396 e. The van der Waals surface area contributed by atoms with Gasteiger partial charge in [-0.3, -0.25) is 0 Å². The number of hydrogen-bond donors (Lipinski definition) is 2. The van der Waals surface area contributed by atoms with E-state index in [9.17, 15) is 5.11 Å². The van der Waals surface area contributed by atoms with Crippen LogP contribution in [0.3, 0.4) is 0 Å². The van der Waals surface area contributed by atoms with Crippen LogP contribution in [-0.2, 0) is 6.54 Å². The number of thiophene rings is 1. The van der Waals surface area contributed by atoms with Gasteiger partial charge in [0.2, 0.25) is 0 Å². The lowest BCUT2D eigenvalue weighted by Gasteiger charge is -2.40. The van der Waals surface area contributed by atoms with Gasteiger partial charge >= 0.3 is 0 Å². The molecule has 4 heteroatoms. The molecule has 0 atom stereocenters. The highest BCUT2D eigenvalue weighted by Gasteiger charge is 2.35. The first-order chi connectivity index (χ1) is 7.24. The molecule has 0 bridgehead atoms. The molecule has 0 radical (unpaired) electrons. The van der Waals surface area contributed by atoms with Gasteiger partial charge in [-0.2, -0.15) is 0 Å². The molecule has 0 unspecified atom stereocenters. The van der Waals surface area contributed by atoms with E-state index in [4.69, 9.17) is 0 Å². The smallest absolute Gasteiger partial charge is 0.0499 e. The van der Waals surface area contributed by atoms with Crippen molar-refractivity contribution in [3.8, 4) is 0 Å². The first kappa shape index (κ1) is 11.6. The van der Waals surface area contributed by atoms with Gasteiger partial charge in [0.15, 0.2) is 0 Å². The van der Waals surface area contributed by atoms with Crippen molar-refractivity contribution in [2.24, 2.45) is 5.41 Å². The lowest BCUT2D eigenvalue weighted by Crippen LogP contribution is -2.42. The van der Waals surface area contributed by atoms with E-state index in [-0.39, 0.29) is 5.41 Å². The lowest BCUT2D eigenvalue weighted by atomic mass is 9.69. The van der Waals surface area contributed by atoms with Gasteiger partial charge in [0, 0.05) is 39.8 Å². The van der Waals surface area contributed by atoms with Gasteiger partial charge in [-0.05, 0) is 34.8 Å². The molecule has 1 aliphatic carbocycles. The van der Waals surface area contributed by atoms with Crippen molar-refractivity contribution in [1.29, 1.82) is 0 Å². The zero-order valence-electron chi connectivity index (χ0n) is 8.63. The number of rotatable bonds is 5. The van der Waals surface area contributed by atoms with E-state index in [0.29, 0.717) is 6.61 Å². The summed E-state index contributed by atoms with van der Waals surface area (Å²) in [6.45, 7) is 2.19. The number of nitrogens with one attached hydrogen (secondary N) is 1. The molecule has 1 fully saturated rings. The summed E-state index contributed by atoms with van der Waals surface area (Å²) in [4.78, 5) is 1.34. The topological polar surface area (TPSA) is 32.3 Å². The minimum Gasteiger partial charge on any atom is -0.396 e. The summed E-state index contributed by atoms with van der Waals surface area (Å²) in [7, 11) is 0. The van der Waals surface area contributed by atoms with Crippen molar-refractivity contribution in [3.63, 3.8) is 0 Å². The average molecular weight is 290 g/mol. The first-order valence-corrected chi connectivity index (χ1v) is 6.96. The molecular weight excluding hydrogens is 274 g/mol. The summed E-state index contributed by atoms with van der Waals surface area (Å²) in [6.07, 6.45) is 3.61. The van der Waals surface area contributed by atoms with Crippen LogP contribution in [0, 0.1) is 5.41 Å². The van der Waals surface area contributed by atoms with Crippen molar-refractivity contribution in [2.75, 3.05) is 13.2 Å². The van der Waals surface area contributed by atoms with Crippen LogP contribution in [0.25, 0.3) is 0 Å². The molecule has 0 aromatic carbocycles. The van der Waals surface area contributed by atoms with E-state index in [1.807, 2.05) is 0 Å². The fourth-order valence-electron chi connectivity index (χ4n) is 1.96. The lowest BCUT2D eigenvalue weighted by molar-refractivity contribution is 0.0445. The highest BCUT2D eigenvalue weighted by Crippen LogP contribution is 2.39. The minimum atomic E-state index is 0.189. The summed E-state index contributed by atoms with van der Waals surface area (Å²) in [6, 6.07) is 2.14. The summed E-state index contributed by atoms with van der Waals surface area (Å²) in [5.41, 5.74) is 0.189. The Kier molecular flexibility index (Phi) is 3.83. The van der Waals surface area contributed by atoms with Crippen molar-refractivity contribution in [3.05, 3.63) is 20.8 Å². The molecule has 1 saturated carbocycles. The zero-order valence-corrected chi connectivity index (χ0v) is 11.0. The predicted molar refractivity (Wildman–Crippen MR) is 67.1 cm³/mol. The maximum atomic E-state index is 9.29. The van der Waals surface area contributed by atoms with Gasteiger partial charge in [0.05, 0.1) is 0 Å². The molecule has 2 N–H and O–H groups in total. The number of aliphatic hydroxyl groups is 1. The minimum absolute atomic E-state index is 0.189. The van der Waals surface area contributed by atoms with Crippen molar-refractivity contribution < 1.29 is 5.11 Å². The second-order valence-electron chi connectivity index (χ2n) is 4.35.